The van der Waals surface area contributed by atoms with E-state index in [9.17, 15) is 0 Å². The van der Waals surface area contributed by atoms with Crippen molar-refractivity contribution in [3.05, 3.63) is 83.4 Å². The molecule has 0 amide bonds. The lowest BCUT2D eigenvalue weighted by Gasteiger charge is -2.28. The quantitative estimate of drug-likeness (QED) is 0.686. The predicted octanol–water partition coefficient (Wildman–Crippen LogP) is 3.21. The summed E-state index contributed by atoms with van der Waals surface area (Å²) >= 11 is 0. The second kappa shape index (κ2) is 7.81. The molecule has 0 spiro atoms. The van der Waals surface area contributed by atoms with Crippen molar-refractivity contribution >= 4 is 0 Å². The first-order valence-corrected chi connectivity index (χ1v) is 9.14. The molecule has 1 aliphatic rings. The molecule has 0 radical (unpaired) electrons. The average molecular weight is 348 g/mol. The van der Waals surface area contributed by atoms with E-state index in [1.165, 1.54) is 11.1 Å². The van der Waals surface area contributed by atoms with Crippen molar-refractivity contribution in [2.75, 3.05) is 19.7 Å². The maximum absolute atomic E-state index is 6.33. The Balaban J connectivity index is 1.40. The van der Waals surface area contributed by atoms with E-state index >= 15 is 0 Å². The number of aryl methyl sites for hydroxylation is 1. The van der Waals surface area contributed by atoms with Crippen LogP contribution in [0.15, 0.2) is 60.7 Å². The van der Waals surface area contributed by atoms with Gasteiger partial charge in [-0.15, -0.1) is 10.2 Å². The highest BCUT2D eigenvalue weighted by Gasteiger charge is 2.20. The van der Waals surface area contributed by atoms with Gasteiger partial charge in [0.25, 0.3) is 0 Å². The van der Waals surface area contributed by atoms with Gasteiger partial charge in [-0.1, -0.05) is 60.7 Å². The molecule has 0 N–H and O–H groups in total. The molecule has 5 heteroatoms. The topological polar surface area (TPSA) is 43.2 Å². The van der Waals surface area contributed by atoms with Gasteiger partial charge in [0, 0.05) is 19.6 Å². The Hall–Kier alpha value is -2.50. The molecule has 0 fully saturated rings. The number of hydrogen-bond acceptors (Lipinski definition) is 4. The highest BCUT2D eigenvalue weighted by Crippen LogP contribution is 2.25. The Morgan fingerprint density at radius 1 is 0.923 bits per heavy atom. The molecular formula is C21H24N4O. The van der Waals surface area contributed by atoms with E-state index in [4.69, 9.17) is 4.74 Å². The first-order valence-electron chi connectivity index (χ1n) is 9.14. The second-order valence-corrected chi connectivity index (χ2v) is 6.66. The monoisotopic (exact) mass is 348 g/mol. The van der Waals surface area contributed by atoms with Crippen molar-refractivity contribution in [2.45, 2.75) is 26.1 Å². The zero-order valence-electron chi connectivity index (χ0n) is 15.1. The van der Waals surface area contributed by atoms with E-state index in [1.807, 2.05) is 19.1 Å². The number of fused-ring (bicyclic) bond motifs is 1. The molecule has 1 aromatic heterocycles. The van der Waals surface area contributed by atoms with Gasteiger partial charge in [0.15, 0.2) is 0 Å². The Morgan fingerprint density at radius 2 is 1.58 bits per heavy atom. The number of rotatable bonds is 6. The fourth-order valence-corrected chi connectivity index (χ4v) is 3.48. The molecule has 26 heavy (non-hydrogen) atoms. The lowest BCUT2D eigenvalue weighted by atomic mass is 10.0. The minimum absolute atomic E-state index is 0.0342. The minimum atomic E-state index is -0.0342. The lowest BCUT2D eigenvalue weighted by Crippen LogP contribution is -2.36. The van der Waals surface area contributed by atoms with E-state index in [0.717, 1.165) is 37.8 Å². The van der Waals surface area contributed by atoms with Crippen LogP contribution in [-0.4, -0.2) is 39.4 Å². The summed E-state index contributed by atoms with van der Waals surface area (Å²) in [6.07, 6.45) is -0.0342. The smallest absolute Gasteiger partial charge is 0.147 e. The van der Waals surface area contributed by atoms with Gasteiger partial charge in [0.2, 0.25) is 0 Å². The highest BCUT2D eigenvalue weighted by atomic mass is 16.5. The molecule has 2 heterocycles. The summed E-state index contributed by atoms with van der Waals surface area (Å²) in [7, 11) is 0. The second-order valence-electron chi connectivity index (χ2n) is 6.66. The Bertz CT molecular complexity index is 792. The van der Waals surface area contributed by atoms with Gasteiger partial charge < -0.3 is 9.30 Å². The van der Waals surface area contributed by atoms with E-state index in [2.05, 4.69) is 68.2 Å². The van der Waals surface area contributed by atoms with Gasteiger partial charge in [-0.3, -0.25) is 4.90 Å². The van der Waals surface area contributed by atoms with Gasteiger partial charge in [0.1, 0.15) is 17.8 Å². The zero-order chi connectivity index (χ0) is 17.8. The molecule has 0 unspecified atom stereocenters. The summed E-state index contributed by atoms with van der Waals surface area (Å²) in [6.45, 7) is 6.39. The maximum Gasteiger partial charge on any atom is 0.147 e. The molecule has 3 aromatic rings. The molecule has 1 aliphatic heterocycles. The molecule has 0 saturated carbocycles. The van der Waals surface area contributed by atoms with Crippen LogP contribution in [-0.2, 0) is 17.8 Å². The number of hydrogen-bond donors (Lipinski definition) is 0. The number of ether oxygens (including phenoxy) is 1. The first kappa shape index (κ1) is 16.9. The standard InChI is InChI=1S/C21H24N4O/c1-17-22-23-20-16-24(12-13-25(17)20)14-15-26-21(18-8-4-2-5-9-18)19-10-6-3-7-11-19/h2-11,21H,12-16H2,1H3. The molecule has 134 valence electrons. The summed E-state index contributed by atoms with van der Waals surface area (Å²) in [5, 5.41) is 8.45. The SMILES string of the molecule is Cc1nnc2n1CCN(CCOC(c1ccccc1)c1ccccc1)C2. The van der Waals surface area contributed by atoms with Crippen LogP contribution in [0.5, 0.6) is 0 Å². The summed E-state index contributed by atoms with van der Waals surface area (Å²) in [4.78, 5) is 2.39. The third-order valence-corrected chi connectivity index (χ3v) is 4.91. The van der Waals surface area contributed by atoms with Crippen LogP contribution in [0, 0.1) is 6.92 Å². The molecule has 5 nitrogen and oxygen atoms in total. The van der Waals surface area contributed by atoms with E-state index < -0.39 is 0 Å². The van der Waals surface area contributed by atoms with Gasteiger partial charge in [-0.2, -0.15) is 0 Å². The summed E-state index contributed by atoms with van der Waals surface area (Å²) in [6, 6.07) is 20.8. The molecule has 4 rings (SSSR count). The molecule has 0 aliphatic carbocycles. The first-order chi connectivity index (χ1) is 12.8. The molecule has 0 atom stereocenters. The van der Waals surface area contributed by atoms with E-state index in [-0.39, 0.29) is 6.10 Å². The van der Waals surface area contributed by atoms with Crippen molar-refractivity contribution < 1.29 is 4.74 Å². The van der Waals surface area contributed by atoms with Crippen LogP contribution < -0.4 is 0 Å². The van der Waals surface area contributed by atoms with Gasteiger partial charge in [0.05, 0.1) is 13.2 Å². The third kappa shape index (κ3) is 3.69. The third-order valence-electron chi connectivity index (χ3n) is 4.91. The van der Waals surface area contributed by atoms with Gasteiger partial charge in [-0.05, 0) is 18.1 Å². The minimum Gasteiger partial charge on any atom is -0.367 e. The van der Waals surface area contributed by atoms with Gasteiger partial charge in [-0.25, -0.2) is 0 Å². The lowest BCUT2D eigenvalue weighted by molar-refractivity contribution is 0.0534. The number of nitrogens with zero attached hydrogens (tertiary/aromatic N) is 4. The zero-order valence-corrected chi connectivity index (χ0v) is 15.1. The van der Waals surface area contributed by atoms with Crippen LogP contribution >= 0.6 is 0 Å². The molecule has 0 saturated heterocycles. The van der Waals surface area contributed by atoms with E-state index in [0.29, 0.717) is 6.61 Å². The van der Waals surface area contributed by atoms with Crippen LogP contribution in [0.1, 0.15) is 28.9 Å². The Kier molecular flexibility index (Phi) is 5.09. The molecular weight excluding hydrogens is 324 g/mol. The Labute approximate surface area is 154 Å². The number of benzene rings is 2. The van der Waals surface area contributed by atoms with Gasteiger partial charge >= 0.3 is 0 Å². The predicted molar refractivity (Wildman–Crippen MR) is 101 cm³/mol. The molecule has 2 aromatic carbocycles. The van der Waals surface area contributed by atoms with Crippen molar-refractivity contribution in [3.63, 3.8) is 0 Å². The summed E-state index contributed by atoms with van der Waals surface area (Å²) in [5.74, 6) is 2.06. The van der Waals surface area contributed by atoms with E-state index in [1.54, 1.807) is 0 Å². The fraction of sp³-hybridized carbons (Fsp3) is 0.333. The van der Waals surface area contributed by atoms with Crippen LogP contribution in [0.25, 0.3) is 0 Å². The summed E-state index contributed by atoms with van der Waals surface area (Å²) in [5.41, 5.74) is 2.38. The Morgan fingerprint density at radius 3 is 2.23 bits per heavy atom. The molecule has 0 bridgehead atoms. The van der Waals surface area contributed by atoms with Crippen molar-refractivity contribution in [1.82, 2.24) is 19.7 Å². The highest BCUT2D eigenvalue weighted by molar-refractivity contribution is 5.29. The fourth-order valence-electron chi connectivity index (χ4n) is 3.48. The normalized spacial score (nSPS) is 14.5. The van der Waals surface area contributed by atoms with Crippen molar-refractivity contribution in [3.8, 4) is 0 Å². The van der Waals surface area contributed by atoms with Crippen LogP contribution in [0.4, 0.5) is 0 Å². The average Bonchev–Trinajstić information content (AvgIpc) is 3.07. The largest absolute Gasteiger partial charge is 0.367 e. The van der Waals surface area contributed by atoms with Crippen molar-refractivity contribution in [2.24, 2.45) is 0 Å². The van der Waals surface area contributed by atoms with Crippen LogP contribution in [0.3, 0.4) is 0 Å². The maximum atomic E-state index is 6.33. The van der Waals surface area contributed by atoms with Crippen LogP contribution in [0.2, 0.25) is 0 Å². The summed E-state index contributed by atoms with van der Waals surface area (Å²) < 4.78 is 8.53. The van der Waals surface area contributed by atoms with Crippen molar-refractivity contribution in [1.29, 1.82) is 0 Å². The number of aromatic nitrogens is 3.